The smallest absolute Gasteiger partial charge is 0.287 e. The third kappa shape index (κ3) is 2.74. The Morgan fingerprint density at radius 2 is 2.06 bits per heavy atom. The molecular formula is C14H14ClNO2. The standard InChI is InChI=1S/C14H14ClNO2/c1-10-7-8-18-13(10)14(17)16-12(9-15)11-5-3-2-4-6-11/h2-8,12H,9H2,1H3,(H,16,17). The minimum Gasteiger partial charge on any atom is -0.459 e. The normalized spacial score (nSPS) is 12.1. The summed E-state index contributed by atoms with van der Waals surface area (Å²) in [6, 6.07) is 11.2. The van der Waals surface area contributed by atoms with Gasteiger partial charge in [0, 0.05) is 11.4 Å². The van der Waals surface area contributed by atoms with E-state index in [1.165, 1.54) is 6.26 Å². The molecule has 0 aliphatic heterocycles. The Bertz CT molecular complexity index is 522. The summed E-state index contributed by atoms with van der Waals surface area (Å²) in [5.41, 5.74) is 1.79. The van der Waals surface area contributed by atoms with Crippen LogP contribution in [0.3, 0.4) is 0 Å². The summed E-state index contributed by atoms with van der Waals surface area (Å²) in [7, 11) is 0. The van der Waals surface area contributed by atoms with Crippen molar-refractivity contribution in [1.29, 1.82) is 0 Å². The first-order chi connectivity index (χ1) is 8.72. The number of alkyl halides is 1. The number of nitrogens with one attached hydrogen (secondary N) is 1. The van der Waals surface area contributed by atoms with Gasteiger partial charge in [-0.15, -0.1) is 11.6 Å². The molecule has 2 rings (SSSR count). The van der Waals surface area contributed by atoms with Crippen molar-refractivity contribution in [2.75, 3.05) is 5.88 Å². The topological polar surface area (TPSA) is 42.2 Å². The fraction of sp³-hybridized carbons (Fsp3) is 0.214. The molecule has 1 heterocycles. The molecule has 1 aromatic carbocycles. The van der Waals surface area contributed by atoms with E-state index < -0.39 is 0 Å². The predicted molar refractivity (Wildman–Crippen MR) is 70.8 cm³/mol. The number of hydrogen-bond donors (Lipinski definition) is 1. The average molecular weight is 264 g/mol. The number of carbonyl (C=O) groups excluding carboxylic acids is 1. The van der Waals surface area contributed by atoms with E-state index in [-0.39, 0.29) is 11.9 Å². The highest BCUT2D eigenvalue weighted by Gasteiger charge is 2.18. The SMILES string of the molecule is Cc1ccoc1C(=O)NC(CCl)c1ccccc1. The molecular weight excluding hydrogens is 250 g/mol. The summed E-state index contributed by atoms with van der Waals surface area (Å²) >= 11 is 5.90. The molecule has 0 aliphatic carbocycles. The summed E-state index contributed by atoms with van der Waals surface area (Å²) in [5, 5.41) is 2.86. The van der Waals surface area contributed by atoms with Gasteiger partial charge < -0.3 is 9.73 Å². The quantitative estimate of drug-likeness (QED) is 0.860. The van der Waals surface area contributed by atoms with Gasteiger partial charge in [-0.1, -0.05) is 30.3 Å². The van der Waals surface area contributed by atoms with Crippen molar-refractivity contribution < 1.29 is 9.21 Å². The van der Waals surface area contributed by atoms with Gasteiger partial charge in [0.2, 0.25) is 0 Å². The van der Waals surface area contributed by atoms with Crippen LogP contribution in [0.5, 0.6) is 0 Å². The van der Waals surface area contributed by atoms with E-state index in [1.807, 2.05) is 37.3 Å². The van der Waals surface area contributed by atoms with Crippen LogP contribution >= 0.6 is 11.6 Å². The second kappa shape index (κ2) is 5.74. The van der Waals surface area contributed by atoms with Gasteiger partial charge in [0.1, 0.15) is 0 Å². The van der Waals surface area contributed by atoms with Crippen molar-refractivity contribution in [3.63, 3.8) is 0 Å². The highest BCUT2D eigenvalue weighted by molar-refractivity contribution is 6.18. The van der Waals surface area contributed by atoms with E-state index in [1.54, 1.807) is 6.07 Å². The molecule has 18 heavy (non-hydrogen) atoms. The van der Waals surface area contributed by atoms with Gasteiger partial charge in [0.25, 0.3) is 5.91 Å². The molecule has 1 atom stereocenters. The van der Waals surface area contributed by atoms with Gasteiger partial charge in [-0.05, 0) is 18.6 Å². The van der Waals surface area contributed by atoms with Crippen LogP contribution in [-0.2, 0) is 0 Å². The van der Waals surface area contributed by atoms with Gasteiger partial charge in [0.15, 0.2) is 5.76 Å². The van der Waals surface area contributed by atoms with E-state index in [4.69, 9.17) is 16.0 Å². The maximum Gasteiger partial charge on any atom is 0.287 e. The fourth-order valence-electron chi connectivity index (χ4n) is 1.73. The molecule has 1 N–H and O–H groups in total. The molecule has 1 unspecified atom stereocenters. The van der Waals surface area contributed by atoms with E-state index in [2.05, 4.69) is 5.32 Å². The third-order valence-electron chi connectivity index (χ3n) is 2.73. The zero-order valence-electron chi connectivity index (χ0n) is 10.0. The second-order valence-electron chi connectivity index (χ2n) is 4.02. The molecule has 0 bridgehead atoms. The van der Waals surface area contributed by atoms with Crippen LogP contribution in [0.1, 0.15) is 27.7 Å². The van der Waals surface area contributed by atoms with Gasteiger partial charge in [0.05, 0.1) is 12.3 Å². The molecule has 0 saturated carbocycles. The Labute approximate surface area is 111 Å². The first kappa shape index (κ1) is 12.7. The van der Waals surface area contributed by atoms with Crippen molar-refractivity contribution in [1.82, 2.24) is 5.32 Å². The van der Waals surface area contributed by atoms with Crippen molar-refractivity contribution in [3.05, 3.63) is 59.5 Å². The molecule has 3 nitrogen and oxygen atoms in total. The van der Waals surface area contributed by atoms with Crippen LogP contribution in [0.4, 0.5) is 0 Å². The van der Waals surface area contributed by atoms with Gasteiger partial charge in [-0.3, -0.25) is 4.79 Å². The average Bonchev–Trinajstić information content (AvgIpc) is 2.83. The van der Waals surface area contributed by atoms with Crippen LogP contribution in [0.25, 0.3) is 0 Å². The van der Waals surface area contributed by atoms with E-state index in [9.17, 15) is 4.79 Å². The number of benzene rings is 1. The highest BCUT2D eigenvalue weighted by atomic mass is 35.5. The van der Waals surface area contributed by atoms with Crippen molar-refractivity contribution >= 4 is 17.5 Å². The summed E-state index contributed by atoms with van der Waals surface area (Å²) < 4.78 is 5.15. The summed E-state index contributed by atoms with van der Waals surface area (Å²) in [6.45, 7) is 1.83. The maximum atomic E-state index is 12.0. The summed E-state index contributed by atoms with van der Waals surface area (Å²) in [5.74, 6) is 0.406. The molecule has 2 aromatic rings. The number of halogens is 1. The van der Waals surface area contributed by atoms with Crippen LogP contribution < -0.4 is 5.32 Å². The maximum absolute atomic E-state index is 12.0. The molecule has 4 heteroatoms. The van der Waals surface area contributed by atoms with Crippen LogP contribution in [0.15, 0.2) is 47.1 Å². The lowest BCUT2D eigenvalue weighted by atomic mass is 10.1. The molecule has 0 fully saturated rings. The van der Waals surface area contributed by atoms with E-state index in [0.717, 1.165) is 11.1 Å². The Balaban J connectivity index is 2.13. The van der Waals surface area contributed by atoms with Crippen LogP contribution in [0.2, 0.25) is 0 Å². The lowest BCUT2D eigenvalue weighted by Crippen LogP contribution is -2.29. The fourth-order valence-corrected chi connectivity index (χ4v) is 1.98. The van der Waals surface area contributed by atoms with Crippen molar-refractivity contribution in [3.8, 4) is 0 Å². The lowest BCUT2D eigenvalue weighted by molar-refractivity contribution is 0.0911. The second-order valence-corrected chi connectivity index (χ2v) is 4.33. The van der Waals surface area contributed by atoms with E-state index in [0.29, 0.717) is 11.6 Å². The molecule has 0 spiro atoms. The largest absolute Gasteiger partial charge is 0.459 e. The molecule has 0 saturated heterocycles. The number of carbonyl (C=O) groups is 1. The Morgan fingerprint density at radius 1 is 1.33 bits per heavy atom. The Hall–Kier alpha value is -1.74. The number of aryl methyl sites for hydroxylation is 1. The molecule has 0 aliphatic rings. The third-order valence-corrected chi connectivity index (χ3v) is 3.04. The van der Waals surface area contributed by atoms with Crippen LogP contribution in [-0.4, -0.2) is 11.8 Å². The minimum atomic E-state index is -0.244. The number of rotatable bonds is 4. The summed E-state index contributed by atoms with van der Waals surface area (Å²) in [6.07, 6.45) is 1.50. The number of amides is 1. The summed E-state index contributed by atoms with van der Waals surface area (Å²) in [4.78, 5) is 12.0. The van der Waals surface area contributed by atoms with Crippen LogP contribution in [0, 0.1) is 6.92 Å². The number of furan rings is 1. The zero-order chi connectivity index (χ0) is 13.0. The monoisotopic (exact) mass is 263 g/mol. The molecule has 1 aromatic heterocycles. The lowest BCUT2D eigenvalue weighted by Gasteiger charge is -2.15. The predicted octanol–water partition coefficient (Wildman–Crippen LogP) is 3.30. The highest BCUT2D eigenvalue weighted by Crippen LogP contribution is 2.16. The van der Waals surface area contributed by atoms with Gasteiger partial charge in [-0.2, -0.15) is 0 Å². The van der Waals surface area contributed by atoms with Gasteiger partial charge >= 0.3 is 0 Å². The molecule has 94 valence electrons. The first-order valence-corrected chi connectivity index (χ1v) is 6.21. The Kier molecular flexibility index (Phi) is 4.05. The van der Waals surface area contributed by atoms with E-state index >= 15 is 0 Å². The Morgan fingerprint density at radius 3 is 2.61 bits per heavy atom. The number of hydrogen-bond acceptors (Lipinski definition) is 2. The molecule has 1 amide bonds. The van der Waals surface area contributed by atoms with Gasteiger partial charge in [-0.25, -0.2) is 0 Å². The molecule has 0 radical (unpaired) electrons. The minimum absolute atomic E-state index is 0.218. The van der Waals surface area contributed by atoms with Crippen molar-refractivity contribution in [2.45, 2.75) is 13.0 Å². The first-order valence-electron chi connectivity index (χ1n) is 5.68. The van der Waals surface area contributed by atoms with Crippen molar-refractivity contribution in [2.24, 2.45) is 0 Å². The zero-order valence-corrected chi connectivity index (χ0v) is 10.8.